The van der Waals surface area contributed by atoms with Gasteiger partial charge in [-0.05, 0) is 65.3 Å². The summed E-state index contributed by atoms with van der Waals surface area (Å²) in [6.45, 7) is 2.03. The van der Waals surface area contributed by atoms with Crippen LogP contribution in [0.1, 0.15) is 27.6 Å². The van der Waals surface area contributed by atoms with Crippen molar-refractivity contribution in [3.05, 3.63) is 63.1 Å². The van der Waals surface area contributed by atoms with Crippen LogP contribution in [0.2, 0.25) is 5.02 Å². The van der Waals surface area contributed by atoms with E-state index >= 15 is 0 Å². The number of rotatable bonds is 4. The topological polar surface area (TPSA) is 52.6 Å². The fourth-order valence-corrected chi connectivity index (χ4v) is 2.26. The fourth-order valence-electron chi connectivity index (χ4n) is 1.67. The van der Waals surface area contributed by atoms with E-state index in [9.17, 15) is 9.59 Å². The lowest BCUT2D eigenvalue weighted by atomic mass is 10.2. The molecule has 0 aliphatic rings. The lowest BCUT2D eigenvalue weighted by Crippen LogP contribution is -2.09. The van der Waals surface area contributed by atoms with Crippen LogP contribution in [0.15, 0.2) is 46.9 Å². The van der Waals surface area contributed by atoms with E-state index in [4.69, 9.17) is 21.1 Å². The van der Waals surface area contributed by atoms with E-state index in [0.29, 0.717) is 33.0 Å². The first-order valence-electron chi connectivity index (χ1n) is 6.45. The number of carbonyl (C=O) groups excluding carboxylic acids is 2. The predicted octanol–water partition coefficient (Wildman–Crippen LogP) is 4.50. The molecule has 2 aromatic carbocycles. The summed E-state index contributed by atoms with van der Waals surface area (Å²) in [5.41, 5.74) is 0.755. The molecule has 114 valence electrons. The quantitative estimate of drug-likeness (QED) is 0.576. The third kappa shape index (κ3) is 4.08. The summed E-state index contributed by atoms with van der Waals surface area (Å²) in [7, 11) is 0. The number of carbonyl (C=O) groups is 2. The molecule has 0 saturated carbocycles. The van der Waals surface area contributed by atoms with E-state index in [2.05, 4.69) is 15.9 Å². The first-order valence-corrected chi connectivity index (χ1v) is 7.62. The Bertz CT molecular complexity index is 698. The normalized spacial score (nSPS) is 10.1. The molecule has 0 saturated heterocycles. The minimum Gasteiger partial charge on any atom is -0.462 e. The van der Waals surface area contributed by atoms with Crippen molar-refractivity contribution in [3.63, 3.8) is 0 Å². The van der Waals surface area contributed by atoms with Gasteiger partial charge in [-0.3, -0.25) is 0 Å². The zero-order chi connectivity index (χ0) is 16.1. The van der Waals surface area contributed by atoms with Crippen LogP contribution in [0.4, 0.5) is 0 Å². The van der Waals surface area contributed by atoms with Gasteiger partial charge in [0.2, 0.25) is 0 Å². The third-order valence-corrected chi connectivity index (χ3v) is 3.60. The molecule has 2 aromatic rings. The molecule has 0 N–H and O–H groups in total. The first-order chi connectivity index (χ1) is 10.5. The van der Waals surface area contributed by atoms with Crippen LogP contribution in [-0.2, 0) is 4.74 Å². The highest BCUT2D eigenvalue weighted by Crippen LogP contribution is 2.27. The van der Waals surface area contributed by atoms with E-state index in [1.165, 1.54) is 12.1 Å². The van der Waals surface area contributed by atoms with Crippen molar-refractivity contribution in [3.8, 4) is 5.75 Å². The second kappa shape index (κ2) is 7.42. The van der Waals surface area contributed by atoms with E-state index in [1.54, 1.807) is 37.3 Å². The fraction of sp³-hybridized carbons (Fsp3) is 0.125. The van der Waals surface area contributed by atoms with Crippen molar-refractivity contribution in [2.45, 2.75) is 6.92 Å². The molecule has 0 amide bonds. The second-order valence-electron chi connectivity index (χ2n) is 4.26. The summed E-state index contributed by atoms with van der Waals surface area (Å²) in [6, 6.07) is 11.0. The molecule has 0 aromatic heterocycles. The Hall–Kier alpha value is -1.85. The van der Waals surface area contributed by atoms with Crippen LogP contribution in [0.3, 0.4) is 0 Å². The van der Waals surface area contributed by atoms with Gasteiger partial charge in [-0.15, -0.1) is 0 Å². The highest BCUT2D eigenvalue weighted by atomic mass is 79.9. The maximum atomic E-state index is 12.0. The summed E-state index contributed by atoms with van der Waals surface area (Å²) < 4.78 is 10.7. The van der Waals surface area contributed by atoms with Crippen molar-refractivity contribution in [2.75, 3.05) is 6.61 Å². The lowest BCUT2D eigenvalue weighted by Gasteiger charge is -2.08. The monoisotopic (exact) mass is 382 g/mol. The molecule has 6 heteroatoms. The smallest absolute Gasteiger partial charge is 0.343 e. The largest absolute Gasteiger partial charge is 0.462 e. The summed E-state index contributed by atoms with van der Waals surface area (Å²) in [5, 5.41) is 0.538. The molecule has 0 bridgehead atoms. The summed E-state index contributed by atoms with van der Waals surface area (Å²) in [4.78, 5) is 23.6. The third-order valence-electron chi connectivity index (χ3n) is 2.73. The van der Waals surface area contributed by atoms with Gasteiger partial charge in [0.15, 0.2) is 0 Å². The summed E-state index contributed by atoms with van der Waals surface area (Å²) in [6.07, 6.45) is 0. The molecular formula is C16H12BrClO4. The number of hydrogen-bond acceptors (Lipinski definition) is 4. The van der Waals surface area contributed by atoms with Crippen LogP contribution in [0, 0.1) is 0 Å². The Morgan fingerprint density at radius 1 is 1.05 bits per heavy atom. The SMILES string of the molecule is CCOC(=O)c1ccc(OC(=O)c2ccc(Cl)cc2)c(Br)c1. The molecule has 0 aliphatic heterocycles. The van der Waals surface area contributed by atoms with Gasteiger partial charge in [0.05, 0.1) is 22.2 Å². The van der Waals surface area contributed by atoms with Crippen LogP contribution >= 0.6 is 27.5 Å². The van der Waals surface area contributed by atoms with Crippen molar-refractivity contribution in [1.29, 1.82) is 0 Å². The summed E-state index contributed by atoms with van der Waals surface area (Å²) in [5.74, 6) is -0.631. The standard InChI is InChI=1S/C16H12BrClO4/c1-2-21-15(19)11-5-8-14(13(17)9-11)22-16(20)10-3-6-12(18)7-4-10/h3-9H,2H2,1H3. The average molecular weight is 384 g/mol. The van der Waals surface area contributed by atoms with Gasteiger partial charge in [0.1, 0.15) is 5.75 Å². The van der Waals surface area contributed by atoms with Gasteiger partial charge >= 0.3 is 11.9 Å². The highest BCUT2D eigenvalue weighted by molar-refractivity contribution is 9.10. The lowest BCUT2D eigenvalue weighted by molar-refractivity contribution is 0.0526. The van der Waals surface area contributed by atoms with Gasteiger partial charge in [-0.1, -0.05) is 11.6 Å². The molecule has 0 fully saturated rings. The van der Waals surface area contributed by atoms with Crippen LogP contribution in [-0.4, -0.2) is 18.5 Å². The Labute approximate surface area is 141 Å². The number of ether oxygens (including phenoxy) is 2. The van der Waals surface area contributed by atoms with Crippen molar-refractivity contribution in [1.82, 2.24) is 0 Å². The molecule has 0 spiro atoms. The zero-order valence-electron chi connectivity index (χ0n) is 11.6. The molecule has 0 aliphatic carbocycles. The molecule has 22 heavy (non-hydrogen) atoms. The minimum absolute atomic E-state index is 0.295. The highest BCUT2D eigenvalue weighted by Gasteiger charge is 2.14. The zero-order valence-corrected chi connectivity index (χ0v) is 14.0. The molecule has 0 radical (unpaired) electrons. The van der Waals surface area contributed by atoms with Crippen molar-refractivity contribution < 1.29 is 19.1 Å². The Morgan fingerprint density at radius 3 is 2.27 bits per heavy atom. The van der Waals surface area contributed by atoms with Crippen molar-refractivity contribution in [2.24, 2.45) is 0 Å². The number of benzene rings is 2. The molecular weight excluding hydrogens is 372 g/mol. The van der Waals surface area contributed by atoms with E-state index in [1.807, 2.05) is 0 Å². The number of halogens is 2. The number of hydrogen-bond donors (Lipinski definition) is 0. The molecule has 4 nitrogen and oxygen atoms in total. The molecule has 0 unspecified atom stereocenters. The van der Waals surface area contributed by atoms with E-state index in [-0.39, 0.29) is 0 Å². The van der Waals surface area contributed by atoms with Gasteiger partial charge in [-0.2, -0.15) is 0 Å². The van der Waals surface area contributed by atoms with Gasteiger partial charge < -0.3 is 9.47 Å². The van der Waals surface area contributed by atoms with Crippen LogP contribution < -0.4 is 4.74 Å². The Morgan fingerprint density at radius 2 is 1.68 bits per heavy atom. The molecule has 0 atom stereocenters. The minimum atomic E-state index is -0.513. The van der Waals surface area contributed by atoms with Crippen molar-refractivity contribution >= 4 is 39.5 Å². The van der Waals surface area contributed by atoms with Gasteiger partial charge in [0, 0.05) is 5.02 Å². The average Bonchev–Trinajstić information content (AvgIpc) is 2.50. The Balaban J connectivity index is 2.14. The number of esters is 2. The van der Waals surface area contributed by atoms with Gasteiger partial charge in [0.25, 0.3) is 0 Å². The molecule has 0 heterocycles. The van der Waals surface area contributed by atoms with Crippen LogP contribution in [0.25, 0.3) is 0 Å². The van der Waals surface area contributed by atoms with Crippen LogP contribution in [0.5, 0.6) is 5.75 Å². The van der Waals surface area contributed by atoms with Gasteiger partial charge in [-0.25, -0.2) is 9.59 Å². The maximum absolute atomic E-state index is 12.0. The maximum Gasteiger partial charge on any atom is 0.343 e. The summed E-state index contributed by atoms with van der Waals surface area (Å²) >= 11 is 9.04. The Kier molecular flexibility index (Phi) is 5.57. The predicted molar refractivity (Wildman–Crippen MR) is 86.5 cm³/mol. The first kappa shape index (κ1) is 16.5. The van der Waals surface area contributed by atoms with E-state index in [0.717, 1.165) is 0 Å². The van der Waals surface area contributed by atoms with E-state index < -0.39 is 11.9 Å². The second-order valence-corrected chi connectivity index (χ2v) is 5.55. The molecule has 2 rings (SSSR count).